The second kappa shape index (κ2) is 4.63. The smallest absolute Gasteiger partial charge is 0.466 e. The molecule has 0 spiro atoms. The van der Waals surface area contributed by atoms with E-state index in [1.165, 1.54) is 13.2 Å². The minimum Gasteiger partial charge on any atom is -0.466 e. The van der Waals surface area contributed by atoms with E-state index in [1.807, 2.05) is 6.92 Å². The standard InChI is InChI=1S/C10H12O5/c1-6-3-4-8(15-10(12)13)7(5-6)9(11)14-2/h3-4,6H,5H2,1-2H3,(H,12,13). The van der Waals surface area contributed by atoms with Gasteiger partial charge in [-0.15, -0.1) is 0 Å². The van der Waals surface area contributed by atoms with Crippen molar-refractivity contribution in [2.24, 2.45) is 5.92 Å². The lowest BCUT2D eigenvalue weighted by Crippen LogP contribution is -2.15. The van der Waals surface area contributed by atoms with Crippen LogP contribution >= 0.6 is 0 Å². The first-order chi connectivity index (χ1) is 7.04. The highest BCUT2D eigenvalue weighted by atomic mass is 16.7. The van der Waals surface area contributed by atoms with E-state index in [0.29, 0.717) is 6.42 Å². The number of carbonyl (C=O) groups excluding carboxylic acids is 1. The molecule has 1 aliphatic rings. The van der Waals surface area contributed by atoms with Crippen molar-refractivity contribution in [2.75, 3.05) is 7.11 Å². The molecule has 0 aromatic rings. The topological polar surface area (TPSA) is 72.8 Å². The molecule has 5 heteroatoms. The third-order valence-electron chi connectivity index (χ3n) is 2.03. The van der Waals surface area contributed by atoms with E-state index in [2.05, 4.69) is 9.47 Å². The molecule has 1 atom stereocenters. The quantitative estimate of drug-likeness (QED) is 0.705. The van der Waals surface area contributed by atoms with Crippen LogP contribution in [0.25, 0.3) is 0 Å². The maximum atomic E-state index is 11.3. The summed E-state index contributed by atoms with van der Waals surface area (Å²) in [5, 5.41) is 8.46. The molecule has 0 aliphatic heterocycles. The summed E-state index contributed by atoms with van der Waals surface area (Å²) in [6.07, 6.45) is 2.25. The van der Waals surface area contributed by atoms with Crippen molar-refractivity contribution in [3.8, 4) is 0 Å². The molecule has 1 unspecified atom stereocenters. The van der Waals surface area contributed by atoms with Crippen LogP contribution in [0, 0.1) is 5.92 Å². The van der Waals surface area contributed by atoms with Crippen LogP contribution in [-0.2, 0) is 14.3 Å². The van der Waals surface area contributed by atoms with Crippen LogP contribution < -0.4 is 0 Å². The molecule has 0 fully saturated rings. The fraction of sp³-hybridized carbons (Fsp3) is 0.400. The van der Waals surface area contributed by atoms with Gasteiger partial charge in [0.15, 0.2) is 0 Å². The molecule has 0 aromatic heterocycles. The van der Waals surface area contributed by atoms with Gasteiger partial charge < -0.3 is 14.6 Å². The van der Waals surface area contributed by atoms with Crippen molar-refractivity contribution in [1.82, 2.24) is 0 Å². The van der Waals surface area contributed by atoms with Crippen molar-refractivity contribution in [1.29, 1.82) is 0 Å². The summed E-state index contributed by atoms with van der Waals surface area (Å²) < 4.78 is 9.03. The summed E-state index contributed by atoms with van der Waals surface area (Å²) in [7, 11) is 1.25. The van der Waals surface area contributed by atoms with Crippen LogP contribution in [0.3, 0.4) is 0 Å². The molecular weight excluding hydrogens is 200 g/mol. The zero-order valence-electron chi connectivity index (χ0n) is 8.52. The van der Waals surface area contributed by atoms with E-state index < -0.39 is 12.1 Å². The van der Waals surface area contributed by atoms with Crippen molar-refractivity contribution in [3.63, 3.8) is 0 Å². The predicted octanol–water partition coefficient (Wildman–Crippen LogP) is 1.70. The third-order valence-corrected chi connectivity index (χ3v) is 2.03. The predicted molar refractivity (Wildman–Crippen MR) is 51.1 cm³/mol. The van der Waals surface area contributed by atoms with Gasteiger partial charge in [-0.25, -0.2) is 9.59 Å². The van der Waals surface area contributed by atoms with Crippen molar-refractivity contribution in [3.05, 3.63) is 23.5 Å². The first-order valence-corrected chi connectivity index (χ1v) is 4.45. The maximum absolute atomic E-state index is 11.3. The molecule has 0 amide bonds. The average Bonchev–Trinajstić information content (AvgIpc) is 2.19. The summed E-state index contributed by atoms with van der Waals surface area (Å²) in [6.45, 7) is 1.91. The minimum absolute atomic E-state index is 0.0486. The first kappa shape index (κ1) is 11.3. The molecule has 0 radical (unpaired) electrons. The van der Waals surface area contributed by atoms with E-state index >= 15 is 0 Å². The molecule has 1 N–H and O–H groups in total. The Morgan fingerprint density at radius 3 is 2.73 bits per heavy atom. The third kappa shape index (κ3) is 2.83. The van der Waals surface area contributed by atoms with Gasteiger partial charge in [-0.1, -0.05) is 13.0 Å². The van der Waals surface area contributed by atoms with Gasteiger partial charge in [-0.05, 0) is 18.4 Å². The van der Waals surface area contributed by atoms with Gasteiger partial charge in [0.2, 0.25) is 0 Å². The number of carboxylic acid groups (broad SMARTS) is 1. The molecule has 0 saturated carbocycles. The van der Waals surface area contributed by atoms with Crippen LogP contribution in [0.1, 0.15) is 13.3 Å². The van der Waals surface area contributed by atoms with Gasteiger partial charge in [0.25, 0.3) is 0 Å². The number of rotatable bonds is 2. The fourth-order valence-electron chi connectivity index (χ4n) is 1.34. The molecular formula is C10H12O5. The van der Waals surface area contributed by atoms with Gasteiger partial charge in [0, 0.05) is 0 Å². The molecule has 1 rings (SSSR count). The average molecular weight is 212 g/mol. The Morgan fingerprint density at radius 2 is 2.20 bits per heavy atom. The molecule has 1 aliphatic carbocycles. The number of allylic oxidation sites excluding steroid dienone is 2. The van der Waals surface area contributed by atoms with Crippen LogP contribution in [0.2, 0.25) is 0 Å². The molecule has 0 aromatic carbocycles. The summed E-state index contributed by atoms with van der Waals surface area (Å²) in [6, 6.07) is 0. The number of hydrogen-bond donors (Lipinski definition) is 1. The van der Waals surface area contributed by atoms with E-state index in [1.54, 1.807) is 6.08 Å². The number of ether oxygens (including phenoxy) is 2. The fourth-order valence-corrected chi connectivity index (χ4v) is 1.34. The lowest BCUT2D eigenvalue weighted by Gasteiger charge is -2.16. The number of hydrogen-bond acceptors (Lipinski definition) is 4. The second-order valence-electron chi connectivity index (χ2n) is 3.24. The first-order valence-electron chi connectivity index (χ1n) is 4.45. The highest BCUT2D eigenvalue weighted by Gasteiger charge is 2.22. The van der Waals surface area contributed by atoms with Crippen molar-refractivity contribution in [2.45, 2.75) is 13.3 Å². The van der Waals surface area contributed by atoms with E-state index in [4.69, 9.17) is 5.11 Å². The number of carbonyl (C=O) groups is 2. The molecule has 5 nitrogen and oxygen atoms in total. The minimum atomic E-state index is -1.44. The Labute approximate surface area is 87.0 Å². The van der Waals surface area contributed by atoms with Gasteiger partial charge in [-0.2, -0.15) is 0 Å². The number of methoxy groups -OCH3 is 1. The lowest BCUT2D eigenvalue weighted by atomic mass is 9.95. The molecule has 82 valence electrons. The largest absolute Gasteiger partial charge is 0.511 e. The van der Waals surface area contributed by atoms with E-state index in [-0.39, 0.29) is 17.3 Å². The Hall–Kier alpha value is -1.78. The number of esters is 1. The Balaban J connectivity index is 2.96. The highest BCUT2D eigenvalue weighted by molar-refractivity contribution is 5.90. The monoisotopic (exact) mass is 212 g/mol. The Morgan fingerprint density at radius 1 is 1.53 bits per heavy atom. The van der Waals surface area contributed by atoms with E-state index in [0.717, 1.165) is 0 Å². The van der Waals surface area contributed by atoms with Crippen LogP contribution in [0.5, 0.6) is 0 Å². The summed E-state index contributed by atoms with van der Waals surface area (Å²) in [4.78, 5) is 21.7. The van der Waals surface area contributed by atoms with Crippen molar-refractivity contribution >= 4 is 12.1 Å². The van der Waals surface area contributed by atoms with Crippen LogP contribution in [0.15, 0.2) is 23.5 Å². The zero-order chi connectivity index (χ0) is 11.4. The van der Waals surface area contributed by atoms with E-state index in [9.17, 15) is 9.59 Å². The zero-order valence-corrected chi connectivity index (χ0v) is 8.52. The highest BCUT2D eigenvalue weighted by Crippen LogP contribution is 2.25. The molecule has 0 saturated heterocycles. The summed E-state index contributed by atoms with van der Waals surface area (Å²) >= 11 is 0. The van der Waals surface area contributed by atoms with Crippen LogP contribution in [0.4, 0.5) is 4.79 Å². The summed E-state index contributed by atoms with van der Waals surface area (Å²) in [5.74, 6) is -0.338. The Kier molecular flexibility index (Phi) is 3.49. The Bertz CT molecular complexity index is 340. The van der Waals surface area contributed by atoms with Crippen LogP contribution in [-0.4, -0.2) is 24.3 Å². The lowest BCUT2D eigenvalue weighted by molar-refractivity contribution is -0.136. The molecule has 15 heavy (non-hydrogen) atoms. The molecule has 0 bridgehead atoms. The normalized spacial score (nSPS) is 20.0. The molecule has 0 heterocycles. The summed E-state index contributed by atoms with van der Waals surface area (Å²) in [5.41, 5.74) is 0.259. The SMILES string of the molecule is COC(=O)C1=C(OC(=O)O)C=CC(C)C1. The van der Waals surface area contributed by atoms with Gasteiger partial charge in [0.05, 0.1) is 12.7 Å². The second-order valence-corrected chi connectivity index (χ2v) is 3.24. The maximum Gasteiger partial charge on any atom is 0.511 e. The van der Waals surface area contributed by atoms with Gasteiger partial charge in [0.1, 0.15) is 5.76 Å². The van der Waals surface area contributed by atoms with Gasteiger partial charge in [-0.3, -0.25) is 0 Å². The van der Waals surface area contributed by atoms with Crippen molar-refractivity contribution < 1.29 is 24.2 Å². The van der Waals surface area contributed by atoms with Gasteiger partial charge >= 0.3 is 12.1 Å².